The van der Waals surface area contributed by atoms with Gasteiger partial charge in [0.05, 0.1) is 0 Å². The van der Waals surface area contributed by atoms with Crippen LogP contribution in [0.5, 0.6) is 0 Å². The summed E-state index contributed by atoms with van der Waals surface area (Å²) in [7, 11) is 0. The zero-order valence-electron chi connectivity index (χ0n) is 12.3. The van der Waals surface area contributed by atoms with Crippen LogP contribution in [0.15, 0.2) is 55.0 Å². The molecule has 1 aliphatic rings. The highest BCUT2D eigenvalue weighted by molar-refractivity contribution is 6.04. The molecule has 5 heteroatoms. The lowest BCUT2D eigenvalue weighted by Crippen LogP contribution is -2.35. The molecule has 0 spiro atoms. The number of rotatable bonds is 2. The van der Waals surface area contributed by atoms with Crippen LogP contribution in [0.1, 0.15) is 10.5 Å². The minimum absolute atomic E-state index is 0.101. The van der Waals surface area contributed by atoms with Crippen LogP contribution in [0.4, 0.5) is 4.39 Å². The third kappa shape index (κ3) is 2.30. The molecule has 1 N–H and O–H groups in total. The number of nitrogens with one attached hydrogen (secondary N) is 1. The first-order chi connectivity index (χ1) is 11.2. The summed E-state index contributed by atoms with van der Waals surface area (Å²) in [5.41, 5.74) is 4.20. The zero-order chi connectivity index (χ0) is 15.8. The fraction of sp³-hybridized carbons (Fsp3) is 0.111. The van der Waals surface area contributed by atoms with Gasteiger partial charge in [0.1, 0.15) is 11.5 Å². The van der Waals surface area contributed by atoms with Gasteiger partial charge in [0.15, 0.2) is 0 Å². The Bertz CT molecular complexity index is 869. The second kappa shape index (κ2) is 5.35. The maximum Gasteiger partial charge on any atom is 0.268 e. The Morgan fingerprint density at radius 2 is 1.78 bits per heavy atom. The molecule has 114 valence electrons. The van der Waals surface area contributed by atoms with Gasteiger partial charge in [-0.2, -0.15) is 0 Å². The molecule has 0 unspecified atom stereocenters. The monoisotopic (exact) mass is 307 g/mol. The van der Waals surface area contributed by atoms with Crippen LogP contribution in [-0.4, -0.2) is 22.0 Å². The van der Waals surface area contributed by atoms with Crippen LogP contribution in [0.2, 0.25) is 0 Å². The van der Waals surface area contributed by atoms with Crippen molar-refractivity contribution in [2.75, 3.05) is 6.54 Å². The average molecular weight is 307 g/mol. The SMILES string of the molecule is O=C1NCCn2cc(-c3ccncc3)c(-c3ccc(F)cc3)c21. The molecule has 0 saturated heterocycles. The molecule has 3 aromatic rings. The average Bonchev–Trinajstić information content (AvgIpc) is 2.97. The normalized spacial score (nSPS) is 13.5. The second-order valence-corrected chi connectivity index (χ2v) is 5.46. The topological polar surface area (TPSA) is 46.9 Å². The predicted octanol–water partition coefficient (Wildman–Crippen LogP) is 3.10. The van der Waals surface area contributed by atoms with Gasteiger partial charge in [0.2, 0.25) is 0 Å². The number of nitrogens with zero attached hydrogens (tertiary/aromatic N) is 2. The van der Waals surface area contributed by atoms with E-state index in [0.29, 0.717) is 12.2 Å². The molecule has 0 bridgehead atoms. The van der Waals surface area contributed by atoms with E-state index in [9.17, 15) is 9.18 Å². The Morgan fingerprint density at radius 3 is 2.52 bits per heavy atom. The van der Waals surface area contributed by atoms with Crippen molar-refractivity contribution in [3.63, 3.8) is 0 Å². The minimum atomic E-state index is -0.295. The van der Waals surface area contributed by atoms with E-state index < -0.39 is 0 Å². The fourth-order valence-corrected chi connectivity index (χ4v) is 3.01. The molecule has 0 saturated carbocycles. The van der Waals surface area contributed by atoms with E-state index in [1.54, 1.807) is 24.5 Å². The van der Waals surface area contributed by atoms with Crippen molar-refractivity contribution in [3.8, 4) is 22.3 Å². The van der Waals surface area contributed by atoms with Gasteiger partial charge in [-0.1, -0.05) is 12.1 Å². The standard InChI is InChI=1S/C18H14FN3O/c19-14-3-1-13(2-4-14)16-15(12-5-7-20-8-6-12)11-22-10-9-21-18(23)17(16)22/h1-8,11H,9-10H2,(H,21,23). The molecule has 0 radical (unpaired) electrons. The lowest BCUT2D eigenvalue weighted by molar-refractivity contribution is 0.0929. The molecule has 1 aliphatic heterocycles. The molecule has 0 fully saturated rings. The lowest BCUT2D eigenvalue weighted by atomic mass is 9.97. The Hall–Kier alpha value is -2.95. The largest absolute Gasteiger partial charge is 0.349 e. The molecule has 0 atom stereocenters. The summed E-state index contributed by atoms with van der Waals surface area (Å²) in [5.74, 6) is -0.396. The number of halogens is 1. The summed E-state index contributed by atoms with van der Waals surface area (Å²) in [6, 6.07) is 10.1. The smallest absolute Gasteiger partial charge is 0.268 e. The van der Waals surface area contributed by atoms with Crippen LogP contribution < -0.4 is 5.32 Å². The lowest BCUT2D eigenvalue weighted by Gasteiger charge is -2.17. The third-order valence-electron chi connectivity index (χ3n) is 4.06. The molecule has 1 amide bonds. The number of hydrogen-bond acceptors (Lipinski definition) is 2. The maximum atomic E-state index is 13.3. The van der Waals surface area contributed by atoms with Crippen LogP contribution in [-0.2, 0) is 6.54 Å². The highest BCUT2D eigenvalue weighted by atomic mass is 19.1. The van der Waals surface area contributed by atoms with Crippen LogP contribution >= 0.6 is 0 Å². The van der Waals surface area contributed by atoms with E-state index in [0.717, 1.165) is 28.8 Å². The Balaban J connectivity index is 1.99. The molecule has 3 heterocycles. The van der Waals surface area contributed by atoms with Crippen molar-refractivity contribution in [1.82, 2.24) is 14.9 Å². The fourth-order valence-electron chi connectivity index (χ4n) is 3.01. The third-order valence-corrected chi connectivity index (χ3v) is 4.06. The van der Waals surface area contributed by atoms with Crippen molar-refractivity contribution >= 4 is 5.91 Å². The number of aromatic nitrogens is 2. The summed E-state index contributed by atoms with van der Waals surface area (Å²) in [6.07, 6.45) is 5.43. The number of fused-ring (bicyclic) bond motifs is 1. The molecule has 4 rings (SSSR count). The van der Waals surface area contributed by atoms with Crippen molar-refractivity contribution < 1.29 is 9.18 Å². The van der Waals surface area contributed by atoms with E-state index in [2.05, 4.69) is 10.3 Å². The molecule has 2 aromatic heterocycles. The van der Waals surface area contributed by atoms with E-state index in [1.165, 1.54) is 12.1 Å². The number of pyridine rings is 1. The molecule has 23 heavy (non-hydrogen) atoms. The quantitative estimate of drug-likeness (QED) is 0.791. The first-order valence-electron chi connectivity index (χ1n) is 7.42. The van der Waals surface area contributed by atoms with Crippen LogP contribution in [0, 0.1) is 5.82 Å². The highest BCUT2D eigenvalue weighted by Gasteiger charge is 2.26. The van der Waals surface area contributed by atoms with Gasteiger partial charge in [-0.15, -0.1) is 0 Å². The van der Waals surface area contributed by atoms with Crippen molar-refractivity contribution in [2.24, 2.45) is 0 Å². The summed E-state index contributed by atoms with van der Waals surface area (Å²) in [4.78, 5) is 16.4. The van der Waals surface area contributed by atoms with E-state index in [4.69, 9.17) is 0 Å². The summed E-state index contributed by atoms with van der Waals surface area (Å²) in [6.45, 7) is 1.33. The Labute approximate surface area is 132 Å². The first kappa shape index (κ1) is 13.7. The van der Waals surface area contributed by atoms with Gasteiger partial charge in [-0.05, 0) is 35.4 Å². The number of hydrogen-bond donors (Lipinski definition) is 1. The van der Waals surface area contributed by atoms with Crippen LogP contribution in [0.25, 0.3) is 22.3 Å². The van der Waals surface area contributed by atoms with E-state index in [1.807, 2.05) is 22.9 Å². The number of amides is 1. The molecule has 0 aliphatic carbocycles. The minimum Gasteiger partial charge on any atom is -0.349 e. The molecule has 1 aromatic carbocycles. The molecular formula is C18H14FN3O. The summed E-state index contributed by atoms with van der Waals surface area (Å²) >= 11 is 0. The highest BCUT2D eigenvalue weighted by Crippen LogP contribution is 2.37. The predicted molar refractivity (Wildman–Crippen MR) is 85.4 cm³/mol. The first-order valence-corrected chi connectivity index (χ1v) is 7.42. The van der Waals surface area contributed by atoms with Crippen LogP contribution in [0.3, 0.4) is 0 Å². The number of benzene rings is 1. The Kier molecular flexibility index (Phi) is 3.19. The van der Waals surface area contributed by atoms with E-state index >= 15 is 0 Å². The summed E-state index contributed by atoms with van der Waals surface area (Å²) < 4.78 is 15.2. The van der Waals surface area contributed by atoms with Gasteiger partial charge in [0, 0.05) is 42.8 Å². The maximum absolute atomic E-state index is 13.3. The zero-order valence-corrected chi connectivity index (χ0v) is 12.3. The van der Waals surface area contributed by atoms with Gasteiger partial charge < -0.3 is 9.88 Å². The van der Waals surface area contributed by atoms with Crippen molar-refractivity contribution in [1.29, 1.82) is 0 Å². The van der Waals surface area contributed by atoms with E-state index in [-0.39, 0.29) is 11.7 Å². The molecule has 4 nitrogen and oxygen atoms in total. The Morgan fingerprint density at radius 1 is 1.04 bits per heavy atom. The summed E-state index contributed by atoms with van der Waals surface area (Å²) in [5, 5.41) is 2.88. The van der Waals surface area contributed by atoms with Gasteiger partial charge >= 0.3 is 0 Å². The van der Waals surface area contributed by atoms with Crippen molar-refractivity contribution in [2.45, 2.75) is 6.54 Å². The van der Waals surface area contributed by atoms with Crippen molar-refractivity contribution in [3.05, 3.63) is 66.5 Å². The molecular weight excluding hydrogens is 293 g/mol. The number of carbonyl (C=O) groups excluding carboxylic acids is 1. The number of carbonyl (C=O) groups is 1. The van der Waals surface area contributed by atoms with Gasteiger partial charge in [0.25, 0.3) is 5.91 Å². The van der Waals surface area contributed by atoms with Gasteiger partial charge in [-0.25, -0.2) is 4.39 Å². The second-order valence-electron chi connectivity index (χ2n) is 5.46. The van der Waals surface area contributed by atoms with Gasteiger partial charge in [-0.3, -0.25) is 9.78 Å².